The lowest BCUT2D eigenvalue weighted by Crippen LogP contribution is -2.61. The highest BCUT2D eigenvalue weighted by Crippen LogP contribution is 2.53. The molecule has 2 aliphatic carbocycles. The molecule has 7 aromatic rings. The summed E-state index contributed by atoms with van der Waals surface area (Å²) in [6.45, 7) is 25.5. The second-order valence-corrected chi connectivity index (χ2v) is 21.1. The van der Waals surface area contributed by atoms with Gasteiger partial charge in [-0.15, -0.1) is 0 Å². The minimum atomic E-state index is -0.134. The molecule has 308 valence electrons. The van der Waals surface area contributed by atoms with Gasteiger partial charge in [-0.1, -0.05) is 103 Å². The summed E-state index contributed by atoms with van der Waals surface area (Å²) in [6.07, 6.45) is 8.98. The molecule has 3 nitrogen and oxygen atoms in total. The van der Waals surface area contributed by atoms with Crippen LogP contribution >= 0.6 is 0 Å². The molecular formula is C58H57BN2O. The summed E-state index contributed by atoms with van der Waals surface area (Å²) in [5.74, 6) is 0. The van der Waals surface area contributed by atoms with Crippen LogP contribution in [0, 0.1) is 26.0 Å². The molecule has 4 aliphatic rings. The predicted octanol–water partition coefficient (Wildman–Crippen LogP) is 13.6. The molecule has 0 atom stereocenters. The third-order valence-corrected chi connectivity index (χ3v) is 15.0. The van der Waals surface area contributed by atoms with Gasteiger partial charge in [0.1, 0.15) is 5.58 Å². The maximum absolute atomic E-state index is 7.34. The van der Waals surface area contributed by atoms with Gasteiger partial charge in [0.05, 0.1) is 17.0 Å². The number of benzene rings is 5. The van der Waals surface area contributed by atoms with E-state index in [1.165, 1.54) is 96.7 Å². The van der Waals surface area contributed by atoms with Crippen LogP contribution in [-0.4, -0.2) is 6.71 Å². The standard InChI is InChI=1S/C58H57BN2O/c1-11-37-29-50-53-51(30-37)61(47-23-22-41(28-36(47)3)56(4,5)6)54-43-27-35(2)21-24-52(43)62-55(54)59(53)46-33-44-45(58(9,10)26-25-57(44,7)8)34-49(46)60(50)48-32-40-20-16-15-19-39(40)31-42(48)38-17-13-12-14-18-38/h11,13,17-18,21-24,27-34H,1,15-16,19-20,25-26H2,2-10H3. The van der Waals surface area contributed by atoms with E-state index in [4.69, 9.17) is 4.42 Å². The Morgan fingerprint density at radius 1 is 0.726 bits per heavy atom. The summed E-state index contributed by atoms with van der Waals surface area (Å²) in [6, 6.07) is 41.6. The van der Waals surface area contributed by atoms with Gasteiger partial charge in [-0.2, -0.15) is 0 Å². The first-order valence-electron chi connectivity index (χ1n) is 22.9. The molecule has 11 rings (SSSR count). The molecule has 0 radical (unpaired) electrons. The van der Waals surface area contributed by atoms with E-state index in [2.05, 4.69) is 176 Å². The number of hydrogen-bond acceptors (Lipinski definition) is 3. The van der Waals surface area contributed by atoms with E-state index in [0.717, 1.165) is 59.1 Å². The van der Waals surface area contributed by atoms with Crippen molar-refractivity contribution >= 4 is 74.5 Å². The first-order chi connectivity index (χ1) is 29.6. The van der Waals surface area contributed by atoms with Gasteiger partial charge in [0, 0.05) is 33.7 Å². The minimum absolute atomic E-state index is 0.0189. The molecule has 0 fully saturated rings. The van der Waals surface area contributed by atoms with Gasteiger partial charge in [-0.05, 0) is 191 Å². The van der Waals surface area contributed by atoms with Gasteiger partial charge in [-0.3, -0.25) is 0 Å². The van der Waals surface area contributed by atoms with Crippen molar-refractivity contribution in [2.24, 2.45) is 0 Å². The monoisotopic (exact) mass is 808 g/mol. The first kappa shape index (κ1) is 39.0. The van der Waals surface area contributed by atoms with Gasteiger partial charge in [0.25, 0.3) is 6.71 Å². The third-order valence-electron chi connectivity index (χ3n) is 15.0. The molecule has 4 heteroatoms. The van der Waals surface area contributed by atoms with E-state index < -0.39 is 0 Å². The molecule has 0 saturated heterocycles. The average molecular weight is 809 g/mol. The van der Waals surface area contributed by atoms with Gasteiger partial charge < -0.3 is 14.2 Å². The van der Waals surface area contributed by atoms with Crippen LogP contribution in [0.15, 0.2) is 102 Å². The number of fused-ring (bicyclic) bond motifs is 8. The molecule has 0 bridgehead atoms. The van der Waals surface area contributed by atoms with Crippen molar-refractivity contribution in [1.82, 2.24) is 0 Å². The Kier molecular flexibility index (Phi) is 8.51. The third kappa shape index (κ3) is 5.80. The fourth-order valence-corrected chi connectivity index (χ4v) is 11.4. The summed E-state index contributed by atoms with van der Waals surface area (Å²) < 4.78 is 7.34. The molecule has 0 saturated carbocycles. The summed E-state index contributed by atoms with van der Waals surface area (Å²) in [4.78, 5) is 5.18. The van der Waals surface area contributed by atoms with Crippen LogP contribution in [0.1, 0.15) is 119 Å². The van der Waals surface area contributed by atoms with E-state index >= 15 is 0 Å². The van der Waals surface area contributed by atoms with E-state index in [-0.39, 0.29) is 23.0 Å². The van der Waals surface area contributed by atoms with Crippen molar-refractivity contribution in [3.63, 3.8) is 0 Å². The van der Waals surface area contributed by atoms with Crippen LogP contribution in [-0.2, 0) is 29.1 Å². The van der Waals surface area contributed by atoms with E-state index in [1.807, 2.05) is 12.1 Å². The second-order valence-electron chi connectivity index (χ2n) is 21.1. The highest BCUT2D eigenvalue weighted by atomic mass is 16.3. The predicted molar refractivity (Wildman–Crippen MR) is 264 cm³/mol. The smallest absolute Gasteiger partial charge is 0.297 e. The molecule has 3 heterocycles. The Morgan fingerprint density at radius 3 is 2.11 bits per heavy atom. The Bertz CT molecular complexity index is 3010. The van der Waals surface area contributed by atoms with Gasteiger partial charge >= 0.3 is 0 Å². The van der Waals surface area contributed by atoms with Crippen molar-refractivity contribution in [3.05, 3.63) is 154 Å². The summed E-state index contributed by atoms with van der Waals surface area (Å²) in [5, 5.41) is 1.15. The van der Waals surface area contributed by atoms with Crippen LogP contribution in [0.4, 0.5) is 34.1 Å². The molecule has 0 N–H and O–H groups in total. The quantitative estimate of drug-likeness (QED) is 0.165. The van der Waals surface area contributed by atoms with Crippen LogP contribution in [0.2, 0.25) is 0 Å². The van der Waals surface area contributed by atoms with Crippen molar-refractivity contribution < 1.29 is 4.42 Å². The average Bonchev–Trinajstić information content (AvgIpc) is 3.62. The van der Waals surface area contributed by atoms with Crippen molar-refractivity contribution in [2.75, 3.05) is 9.80 Å². The van der Waals surface area contributed by atoms with E-state index in [0.29, 0.717) is 0 Å². The summed E-state index contributed by atoms with van der Waals surface area (Å²) in [5.41, 5.74) is 24.8. The summed E-state index contributed by atoms with van der Waals surface area (Å²) in [7, 11) is 0. The van der Waals surface area contributed by atoms with E-state index in [1.54, 1.807) is 0 Å². The number of hydrogen-bond donors (Lipinski definition) is 0. The molecule has 0 amide bonds. The van der Waals surface area contributed by atoms with Crippen molar-refractivity contribution in [1.29, 1.82) is 0 Å². The van der Waals surface area contributed by atoms with Crippen LogP contribution in [0.5, 0.6) is 0 Å². The SMILES string of the molecule is C=Cc1cc2c3c(c1)N(c1ccc(C(C)(C)C)cc1C)c1c(oc4ccc(C)cc14)B3c1cc3c(cc1N2c1cc2c(cc1-c1cc#ccc1)CCCC2)C(C)(C)CCC3(C)C. The molecule has 0 spiro atoms. The highest BCUT2D eigenvalue weighted by Gasteiger charge is 2.49. The van der Waals surface area contributed by atoms with Gasteiger partial charge in [0.2, 0.25) is 0 Å². The van der Waals surface area contributed by atoms with Gasteiger partial charge in [0.15, 0.2) is 0 Å². The topological polar surface area (TPSA) is 19.6 Å². The van der Waals surface area contributed by atoms with E-state index in [9.17, 15) is 0 Å². The van der Waals surface area contributed by atoms with Crippen LogP contribution in [0.25, 0.3) is 28.2 Å². The first-order valence-corrected chi connectivity index (χ1v) is 22.9. The Labute approximate surface area is 369 Å². The number of aryl methyl sites for hydroxylation is 4. The Balaban J connectivity index is 1.30. The fraction of sp³-hybridized carbons (Fsp3) is 0.310. The zero-order chi connectivity index (χ0) is 43.0. The number of nitrogens with zero attached hydrogens (tertiary/aromatic N) is 2. The van der Waals surface area contributed by atoms with Crippen LogP contribution in [0.3, 0.4) is 0 Å². The normalized spacial score (nSPS) is 16.8. The number of rotatable bonds is 4. The lowest BCUT2D eigenvalue weighted by atomic mass is 9.35. The lowest BCUT2D eigenvalue weighted by Gasteiger charge is -2.47. The van der Waals surface area contributed by atoms with Crippen molar-refractivity contribution in [3.8, 4) is 11.1 Å². The zero-order valence-corrected chi connectivity index (χ0v) is 38.1. The number of anilines is 6. The largest absolute Gasteiger partial charge is 0.468 e. The summed E-state index contributed by atoms with van der Waals surface area (Å²) >= 11 is 0. The highest BCUT2D eigenvalue weighted by molar-refractivity contribution is 7.00. The Hall–Kier alpha value is -5.92. The van der Waals surface area contributed by atoms with Gasteiger partial charge in [-0.25, -0.2) is 0 Å². The molecule has 62 heavy (non-hydrogen) atoms. The number of furan rings is 1. The fourth-order valence-electron chi connectivity index (χ4n) is 11.4. The molecule has 0 unspecified atom stereocenters. The maximum Gasteiger partial charge on any atom is 0.297 e. The molecule has 6 aromatic carbocycles. The molecule has 1 aromatic heterocycles. The van der Waals surface area contributed by atoms with Crippen LogP contribution < -0.4 is 26.4 Å². The zero-order valence-electron chi connectivity index (χ0n) is 38.1. The maximum atomic E-state index is 7.34. The second kappa shape index (κ2) is 13.5. The molecule has 2 aliphatic heterocycles. The minimum Gasteiger partial charge on any atom is -0.468 e. The van der Waals surface area contributed by atoms with Crippen molar-refractivity contribution in [2.45, 2.75) is 117 Å². The molecular weight excluding hydrogens is 751 g/mol. The lowest BCUT2D eigenvalue weighted by molar-refractivity contribution is 0.332. The Morgan fingerprint density at radius 2 is 1.44 bits per heavy atom.